The first kappa shape index (κ1) is 20.5. The molecule has 0 saturated carbocycles. The van der Waals surface area contributed by atoms with Crippen LogP contribution >= 0.6 is 0 Å². The largest absolute Gasteiger partial charge is 0.457 e. The number of unbranched alkanes of at least 4 members (excludes halogenated alkanes) is 1. The van der Waals surface area contributed by atoms with E-state index in [2.05, 4.69) is 0 Å². The molecule has 158 valence electrons. The highest BCUT2D eigenvalue weighted by molar-refractivity contribution is 6.21. The molecule has 0 radical (unpaired) electrons. The van der Waals surface area contributed by atoms with Crippen molar-refractivity contribution in [3.8, 4) is 0 Å². The number of fused-ring (bicyclic) bond motifs is 2. The van der Waals surface area contributed by atoms with Crippen molar-refractivity contribution in [1.82, 2.24) is 4.90 Å². The summed E-state index contributed by atoms with van der Waals surface area (Å²) >= 11 is 0. The molecule has 0 spiro atoms. The minimum absolute atomic E-state index is 0.128. The van der Waals surface area contributed by atoms with E-state index >= 15 is 0 Å². The van der Waals surface area contributed by atoms with E-state index in [9.17, 15) is 19.2 Å². The molecule has 3 aromatic rings. The summed E-state index contributed by atoms with van der Waals surface area (Å²) in [6, 6.07) is 11.1. The number of esters is 1. The first-order valence-corrected chi connectivity index (χ1v) is 10.1. The first-order valence-electron chi connectivity index (χ1n) is 10.1. The molecule has 0 unspecified atom stereocenters. The molecule has 2 heterocycles. The molecule has 0 bridgehead atoms. The van der Waals surface area contributed by atoms with E-state index in [1.807, 2.05) is 19.9 Å². The van der Waals surface area contributed by atoms with E-state index < -0.39 is 17.5 Å². The lowest BCUT2D eigenvalue weighted by atomic mass is 10.1. The monoisotopic (exact) mass is 419 g/mol. The van der Waals surface area contributed by atoms with Crippen molar-refractivity contribution in [3.05, 3.63) is 80.7 Å². The molecule has 0 aliphatic carbocycles. The summed E-state index contributed by atoms with van der Waals surface area (Å²) in [7, 11) is 0. The van der Waals surface area contributed by atoms with E-state index in [0.717, 1.165) is 18.4 Å². The maximum Gasteiger partial charge on any atom is 0.338 e. The number of imide groups is 1. The number of ether oxygens (including phenoxy) is 1. The highest BCUT2D eigenvalue weighted by Crippen LogP contribution is 2.25. The predicted molar refractivity (Wildman–Crippen MR) is 113 cm³/mol. The molecule has 0 N–H and O–H groups in total. The minimum Gasteiger partial charge on any atom is -0.457 e. The molecule has 7 heteroatoms. The summed E-state index contributed by atoms with van der Waals surface area (Å²) in [4.78, 5) is 50.7. The lowest BCUT2D eigenvalue weighted by Crippen LogP contribution is -2.30. The minimum atomic E-state index is -0.649. The van der Waals surface area contributed by atoms with Crippen molar-refractivity contribution in [1.29, 1.82) is 0 Å². The average molecular weight is 419 g/mol. The fourth-order valence-electron chi connectivity index (χ4n) is 3.62. The number of carbonyl (C=O) groups excluding carboxylic acids is 3. The van der Waals surface area contributed by atoms with Gasteiger partial charge in [0.2, 0.25) is 0 Å². The van der Waals surface area contributed by atoms with Crippen LogP contribution in [0.1, 0.15) is 62.0 Å². The van der Waals surface area contributed by atoms with E-state index in [1.165, 1.54) is 29.2 Å². The number of hydrogen-bond donors (Lipinski definition) is 0. The Balaban J connectivity index is 1.55. The molecule has 1 aliphatic rings. The third kappa shape index (κ3) is 3.86. The van der Waals surface area contributed by atoms with Gasteiger partial charge in [0.05, 0.1) is 16.7 Å². The first-order chi connectivity index (χ1) is 14.9. The van der Waals surface area contributed by atoms with Gasteiger partial charge in [-0.15, -0.1) is 0 Å². The van der Waals surface area contributed by atoms with Crippen molar-refractivity contribution in [3.63, 3.8) is 0 Å². The molecule has 1 aliphatic heterocycles. The highest BCUT2D eigenvalue weighted by atomic mass is 16.5. The third-order valence-corrected chi connectivity index (χ3v) is 5.29. The van der Waals surface area contributed by atoms with Gasteiger partial charge in [0.1, 0.15) is 12.2 Å². The van der Waals surface area contributed by atoms with Crippen molar-refractivity contribution >= 4 is 28.8 Å². The summed E-state index contributed by atoms with van der Waals surface area (Å²) in [6.07, 6.45) is 1.58. The summed E-state index contributed by atoms with van der Waals surface area (Å²) in [5.41, 5.74) is 2.02. The molecular formula is C24H21NO6. The van der Waals surface area contributed by atoms with Gasteiger partial charge in [-0.1, -0.05) is 25.5 Å². The number of hydrogen-bond acceptors (Lipinski definition) is 6. The summed E-state index contributed by atoms with van der Waals surface area (Å²) in [5.74, 6) is -1.39. The van der Waals surface area contributed by atoms with Crippen LogP contribution in [0.5, 0.6) is 0 Å². The Morgan fingerprint density at radius 1 is 1.00 bits per heavy atom. The zero-order chi connectivity index (χ0) is 22.1. The van der Waals surface area contributed by atoms with Crippen molar-refractivity contribution < 1.29 is 23.5 Å². The van der Waals surface area contributed by atoms with Gasteiger partial charge in [0.25, 0.3) is 11.8 Å². The molecule has 0 saturated heterocycles. The Labute approximate surface area is 178 Å². The van der Waals surface area contributed by atoms with Crippen molar-refractivity contribution in [2.45, 2.75) is 33.3 Å². The molecule has 2 aromatic carbocycles. The lowest BCUT2D eigenvalue weighted by Gasteiger charge is -2.12. The quantitative estimate of drug-likeness (QED) is 0.342. The second kappa shape index (κ2) is 8.18. The van der Waals surface area contributed by atoms with Gasteiger partial charge in [-0.3, -0.25) is 14.5 Å². The Kier molecular flexibility index (Phi) is 5.42. The molecule has 4 rings (SSSR count). The predicted octanol–water partition coefficient (Wildman–Crippen LogP) is 3.85. The van der Waals surface area contributed by atoms with Gasteiger partial charge < -0.3 is 9.15 Å². The number of rotatable bonds is 6. The highest BCUT2D eigenvalue weighted by Gasteiger charge is 2.35. The lowest BCUT2D eigenvalue weighted by molar-refractivity contribution is 0.0473. The van der Waals surface area contributed by atoms with Crippen LogP contribution < -0.4 is 5.63 Å². The Morgan fingerprint density at radius 2 is 1.77 bits per heavy atom. The van der Waals surface area contributed by atoms with Crippen LogP contribution in [0.4, 0.5) is 0 Å². The zero-order valence-corrected chi connectivity index (χ0v) is 17.3. The summed E-state index contributed by atoms with van der Waals surface area (Å²) in [6.45, 7) is 4.09. The smallest absolute Gasteiger partial charge is 0.338 e. The second-order valence-corrected chi connectivity index (χ2v) is 7.54. The van der Waals surface area contributed by atoms with Crippen LogP contribution in [0.25, 0.3) is 11.0 Å². The third-order valence-electron chi connectivity index (χ3n) is 5.29. The van der Waals surface area contributed by atoms with Gasteiger partial charge in [0.15, 0.2) is 0 Å². The van der Waals surface area contributed by atoms with E-state index in [-0.39, 0.29) is 23.6 Å². The average Bonchev–Trinajstić information content (AvgIpc) is 2.99. The van der Waals surface area contributed by atoms with E-state index in [0.29, 0.717) is 28.6 Å². The Hall–Kier alpha value is -3.74. The van der Waals surface area contributed by atoms with Crippen LogP contribution in [0.15, 0.2) is 51.7 Å². The van der Waals surface area contributed by atoms with Crippen LogP contribution in [-0.2, 0) is 11.3 Å². The van der Waals surface area contributed by atoms with Crippen molar-refractivity contribution in [2.75, 3.05) is 6.54 Å². The van der Waals surface area contributed by atoms with E-state index in [4.69, 9.17) is 9.15 Å². The molecule has 0 atom stereocenters. The van der Waals surface area contributed by atoms with Gasteiger partial charge in [0, 0.05) is 23.6 Å². The maximum absolute atomic E-state index is 12.6. The maximum atomic E-state index is 12.6. The van der Waals surface area contributed by atoms with Gasteiger partial charge in [-0.05, 0) is 43.2 Å². The van der Waals surface area contributed by atoms with E-state index in [1.54, 1.807) is 12.1 Å². The normalized spacial score (nSPS) is 13.0. The SMILES string of the molecule is CCCCN1C(=O)c2ccc(C(=O)OCc3cc(=O)oc4cc(C)ccc34)cc2C1=O. The Bertz CT molecular complexity index is 1270. The van der Waals surface area contributed by atoms with Crippen LogP contribution in [0.3, 0.4) is 0 Å². The standard InChI is InChI=1S/C24H21NO6/c1-3-4-9-25-22(27)18-8-6-15(11-19(18)23(25)28)24(29)30-13-16-12-21(26)31-20-10-14(2)5-7-17(16)20/h5-8,10-12H,3-4,9,13H2,1-2H3. The van der Waals surface area contributed by atoms with Crippen molar-refractivity contribution in [2.24, 2.45) is 0 Å². The Morgan fingerprint density at radius 3 is 2.55 bits per heavy atom. The van der Waals surface area contributed by atoms with Gasteiger partial charge in [-0.25, -0.2) is 9.59 Å². The molecule has 7 nitrogen and oxygen atoms in total. The summed E-state index contributed by atoms with van der Waals surface area (Å²) in [5, 5.41) is 0.680. The molecule has 2 amide bonds. The second-order valence-electron chi connectivity index (χ2n) is 7.54. The number of nitrogens with zero attached hydrogens (tertiary/aromatic N) is 1. The molecule has 1 aromatic heterocycles. The zero-order valence-electron chi connectivity index (χ0n) is 17.3. The fourth-order valence-corrected chi connectivity index (χ4v) is 3.62. The topological polar surface area (TPSA) is 93.9 Å². The molecular weight excluding hydrogens is 398 g/mol. The number of aryl methyl sites for hydroxylation is 1. The molecule has 31 heavy (non-hydrogen) atoms. The fraction of sp³-hybridized carbons (Fsp3) is 0.250. The molecule has 0 fully saturated rings. The van der Waals surface area contributed by atoms with Crippen LogP contribution in [0, 0.1) is 6.92 Å². The van der Waals surface area contributed by atoms with Crippen LogP contribution in [-0.4, -0.2) is 29.2 Å². The van der Waals surface area contributed by atoms with Crippen LogP contribution in [0.2, 0.25) is 0 Å². The van der Waals surface area contributed by atoms with Gasteiger partial charge in [-0.2, -0.15) is 0 Å². The summed E-state index contributed by atoms with van der Waals surface area (Å²) < 4.78 is 10.6. The number of carbonyl (C=O) groups is 3. The number of benzene rings is 2. The number of amides is 2. The van der Waals surface area contributed by atoms with Gasteiger partial charge >= 0.3 is 11.6 Å².